The number of aliphatic carboxylic acids is 1. The van der Waals surface area contributed by atoms with Gasteiger partial charge in [0.25, 0.3) is 15.9 Å². The number of pyridine rings is 1. The Hall–Kier alpha value is -5.19. The number of benzene rings is 2. The zero-order chi connectivity index (χ0) is 36.0. The number of thiophene rings is 1. The van der Waals surface area contributed by atoms with Crippen LogP contribution in [0.3, 0.4) is 0 Å². The molecule has 51 heavy (non-hydrogen) atoms. The van der Waals surface area contributed by atoms with Gasteiger partial charge in [-0.25, -0.2) is 13.2 Å². The molecule has 1 saturated heterocycles. The van der Waals surface area contributed by atoms with E-state index in [1.807, 2.05) is 30.5 Å². The number of fused-ring (bicyclic) bond motifs is 1. The van der Waals surface area contributed by atoms with E-state index in [0.717, 1.165) is 72.0 Å². The molecule has 4 aromatic rings. The number of carbonyl (C=O) groups is 2. The summed E-state index contributed by atoms with van der Waals surface area (Å²) in [4.78, 5) is 34.0. The van der Waals surface area contributed by atoms with Crippen molar-refractivity contribution in [2.75, 3.05) is 49.0 Å². The second-order valence-corrected chi connectivity index (χ2v) is 14.9. The first-order chi connectivity index (χ1) is 24.6. The maximum atomic E-state index is 14.0. The number of rotatable bonds is 14. The smallest absolute Gasteiger partial charge is 0.326 e. The highest BCUT2D eigenvalue weighted by Gasteiger charge is 2.30. The average molecular weight is 733 g/mol. The van der Waals surface area contributed by atoms with Gasteiger partial charge in [-0.05, 0) is 76.9 Å². The van der Waals surface area contributed by atoms with Crippen LogP contribution in [-0.2, 0) is 27.8 Å². The van der Waals surface area contributed by atoms with Crippen LogP contribution >= 0.6 is 11.3 Å². The molecule has 1 fully saturated rings. The van der Waals surface area contributed by atoms with Crippen LogP contribution in [0.2, 0.25) is 0 Å². The van der Waals surface area contributed by atoms with Crippen LogP contribution in [-0.4, -0.2) is 86.6 Å². The largest absolute Gasteiger partial charge is 0.492 e. The molecule has 2 aliphatic rings. The molecule has 14 nitrogen and oxygen atoms in total. The van der Waals surface area contributed by atoms with E-state index in [4.69, 9.17) is 15.9 Å². The first-order valence-corrected chi connectivity index (χ1v) is 18.9. The lowest BCUT2D eigenvalue weighted by Gasteiger charge is -2.36. The normalized spacial score (nSPS) is 15.0. The number of aromatic nitrogens is 1. The van der Waals surface area contributed by atoms with Crippen LogP contribution in [0.4, 0.5) is 11.4 Å². The molecular formula is C35H40N8O6S2. The molecule has 0 aliphatic carbocycles. The van der Waals surface area contributed by atoms with Crippen molar-refractivity contribution in [3.05, 3.63) is 88.4 Å². The monoisotopic (exact) mass is 732 g/mol. The van der Waals surface area contributed by atoms with Crippen LogP contribution in [0.25, 0.3) is 11.1 Å². The summed E-state index contributed by atoms with van der Waals surface area (Å²) in [6.07, 6.45) is 4.62. The standard InChI is InChI=1S/C35H40N8O6S2/c36-35(37)39-11-3-7-29(34(45)46)40-33(44)32-28(9-17-50-32)41-51(47,48)30-20-26(19-25-8-16-49-31(25)30)24-5-1-4-23(18-24)22-42-12-14-43(15-13-42)27-6-2-10-38-21-27/h1-2,4-6,9-10,17-21,29,41H,3,7-8,11-16,22H2,(H,40,44)(H,45,46)(H4,36,37,39)/t29-/m0/s1. The second kappa shape index (κ2) is 15.8. The number of carboxylic acid groups (broad SMARTS) is 1. The molecule has 1 amide bonds. The average Bonchev–Trinajstić information content (AvgIpc) is 3.79. The van der Waals surface area contributed by atoms with Gasteiger partial charge >= 0.3 is 5.97 Å². The van der Waals surface area contributed by atoms with Crippen molar-refractivity contribution in [2.24, 2.45) is 5.73 Å². The topological polar surface area (TPSA) is 203 Å². The zero-order valence-electron chi connectivity index (χ0n) is 27.8. The second-order valence-electron chi connectivity index (χ2n) is 12.4. The van der Waals surface area contributed by atoms with E-state index in [1.165, 1.54) is 6.07 Å². The third kappa shape index (κ3) is 8.76. The first kappa shape index (κ1) is 35.6. The maximum Gasteiger partial charge on any atom is 0.326 e. The lowest BCUT2D eigenvalue weighted by Crippen LogP contribution is -2.46. The molecule has 0 spiro atoms. The van der Waals surface area contributed by atoms with Crippen LogP contribution in [0.1, 0.15) is 33.6 Å². The van der Waals surface area contributed by atoms with Gasteiger partial charge in [0.05, 0.1) is 24.2 Å². The highest BCUT2D eigenvalue weighted by Crippen LogP contribution is 2.39. The van der Waals surface area contributed by atoms with Crippen molar-refractivity contribution >= 4 is 50.6 Å². The Morgan fingerprint density at radius 1 is 1.08 bits per heavy atom. The summed E-state index contributed by atoms with van der Waals surface area (Å²) in [5.74, 6) is -1.92. The third-order valence-electron chi connectivity index (χ3n) is 8.79. The molecule has 1 atom stereocenters. The first-order valence-electron chi connectivity index (χ1n) is 16.6. The number of carbonyl (C=O) groups excluding carboxylic acids is 1. The van der Waals surface area contributed by atoms with Gasteiger partial charge < -0.3 is 31.1 Å². The predicted octanol–water partition coefficient (Wildman–Crippen LogP) is 3.31. The van der Waals surface area contributed by atoms with E-state index < -0.39 is 27.9 Å². The van der Waals surface area contributed by atoms with E-state index in [9.17, 15) is 23.1 Å². The summed E-state index contributed by atoms with van der Waals surface area (Å²) in [6, 6.07) is 15.9. The molecule has 7 N–H and O–H groups in total. The number of amides is 1. The Balaban J connectivity index is 1.16. The molecule has 268 valence electrons. The van der Waals surface area contributed by atoms with Gasteiger partial charge in [-0.15, -0.1) is 11.3 Å². The van der Waals surface area contributed by atoms with Crippen molar-refractivity contribution in [2.45, 2.75) is 36.7 Å². The van der Waals surface area contributed by atoms with Gasteiger partial charge in [0.15, 0.2) is 5.96 Å². The number of nitrogens with zero attached hydrogens (tertiary/aromatic N) is 3. The van der Waals surface area contributed by atoms with Gasteiger partial charge in [-0.2, -0.15) is 0 Å². The van der Waals surface area contributed by atoms with Crippen molar-refractivity contribution < 1.29 is 27.9 Å². The number of carboxylic acids is 1. The van der Waals surface area contributed by atoms with E-state index in [-0.39, 0.29) is 40.1 Å². The lowest BCUT2D eigenvalue weighted by atomic mass is 10.00. The summed E-state index contributed by atoms with van der Waals surface area (Å²) >= 11 is 0.990. The number of nitrogens with two attached hydrogens (primary N) is 1. The predicted molar refractivity (Wildman–Crippen MR) is 196 cm³/mol. The van der Waals surface area contributed by atoms with Crippen LogP contribution in [0.15, 0.2) is 77.3 Å². The van der Waals surface area contributed by atoms with E-state index in [1.54, 1.807) is 17.6 Å². The molecule has 2 aromatic heterocycles. The molecule has 0 bridgehead atoms. The highest BCUT2D eigenvalue weighted by molar-refractivity contribution is 7.92. The van der Waals surface area contributed by atoms with Gasteiger partial charge in [-0.1, -0.05) is 18.2 Å². The number of sulfonamides is 1. The maximum absolute atomic E-state index is 14.0. The lowest BCUT2D eigenvalue weighted by molar-refractivity contribution is -0.139. The summed E-state index contributed by atoms with van der Waals surface area (Å²) in [5, 5.41) is 23.5. The summed E-state index contributed by atoms with van der Waals surface area (Å²) in [7, 11) is -4.25. The quantitative estimate of drug-likeness (QED) is 0.0631. The minimum Gasteiger partial charge on any atom is -0.492 e. The fraction of sp³-hybridized carbons (Fsp3) is 0.314. The molecule has 0 saturated carbocycles. The van der Waals surface area contributed by atoms with Crippen molar-refractivity contribution in [3.63, 3.8) is 0 Å². The van der Waals surface area contributed by atoms with Gasteiger partial charge in [-0.3, -0.25) is 24.8 Å². The van der Waals surface area contributed by atoms with Gasteiger partial charge in [0.2, 0.25) is 0 Å². The van der Waals surface area contributed by atoms with E-state index in [0.29, 0.717) is 19.4 Å². The van der Waals surface area contributed by atoms with Gasteiger partial charge in [0.1, 0.15) is 21.6 Å². The van der Waals surface area contributed by atoms with Gasteiger partial charge in [0, 0.05) is 51.9 Å². The zero-order valence-corrected chi connectivity index (χ0v) is 29.4. The number of piperazine rings is 1. The van der Waals surface area contributed by atoms with Crippen molar-refractivity contribution in [1.29, 1.82) is 5.41 Å². The molecule has 6 rings (SSSR count). The Morgan fingerprint density at radius 3 is 2.65 bits per heavy atom. The Labute approximate surface area is 300 Å². The summed E-state index contributed by atoms with van der Waals surface area (Å²) in [6.45, 7) is 4.98. The summed E-state index contributed by atoms with van der Waals surface area (Å²) in [5.41, 5.74) is 9.92. The highest BCUT2D eigenvalue weighted by atomic mass is 32.2. The Morgan fingerprint density at radius 2 is 1.90 bits per heavy atom. The molecule has 2 aliphatic heterocycles. The van der Waals surface area contributed by atoms with Crippen molar-refractivity contribution in [3.8, 4) is 16.9 Å². The number of hydrogen-bond donors (Lipinski definition) is 6. The van der Waals surface area contributed by atoms with Crippen LogP contribution < -0.4 is 30.7 Å². The number of hydrogen-bond acceptors (Lipinski definition) is 10. The number of guanidine groups is 1. The van der Waals surface area contributed by atoms with E-state index in [2.05, 4.69) is 48.3 Å². The summed E-state index contributed by atoms with van der Waals surface area (Å²) < 4.78 is 36.3. The number of ether oxygens (including phenoxy) is 1. The molecule has 0 radical (unpaired) electrons. The van der Waals surface area contributed by atoms with Crippen LogP contribution in [0.5, 0.6) is 5.75 Å². The molecule has 16 heteroatoms. The number of anilines is 2. The third-order valence-corrected chi connectivity index (χ3v) is 11.1. The SMILES string of the molecule is N=C(N)NCCC[C@H](NC(=O)c1sccc1NS(=O)(=O)c1cc(-c2cccc(CN3CCN(c4cccnc4)CC3)c2)cc2c1OCC2)C(=O)O. The molecule has 0 unspecified atom stereocenters. The fourth-order valence-corrected chi connectivity index (χ4v) is 8.33. The minimum absolute atomic E-state index is 0.0226. The Kier molecular flexibility index (Phi) is 11.0. The molecule has 4 heterocycles. The van der Waals surface area contributed by atoms with Crippen LogP contribution in [0, 0.1) is 5.41 Å². The molecular weight excluding hydrogens is 693 g/mol. The fourth-order valence-electron chi connectivity index (χ4n) is 6.23. The van der Waals surface area contributed by atoms with Crippen molar-refractivity contribution in [1.82, 2.24) is 20.5 Å². The Bertz CT molecular complexity index is 2000. The number of nitrogens with one attached hydrogen (secondary N) is 4. The minimum atomic E-state index is -4.25. The van der Waals surface area contributed by atoms with E-state index >= 15 is 0 Å². The molecule has 2 aromatic carbocycles.